The summed E-state index contributed by atoms with van der Waals surface area (Å²) in [6, 6.07) is 15.5. The van der Waals surface area contributed by atoms with Crippen molar-refractivity contribution < 1.29 is 34.1 Å². The second kappa shape index (κ2) is 10.8. The fourth-order valence-electron chi connectivity index (χ4n) is 5.68. The molecule has 2 aromatic rings. The number of ether oxygens (including phenoxy) is 1. The van der Waals surface area contributed by atoms with E-state index in [4.69, 9.17) is 4.74 Å². The van der Waals surface area contributed by atoms with Gasteiger partial charge in [0.25, 0.3) is 5.91 Å². The quantitative estimate of drug-likeness (QED) is 0.352. The van der Waals surface area contributed by atoms with Crippen molar-refractivity contribution in [2.75, 3.05) is 0 Å². The van der Waals surface area contributed by atoms with Crippen LogP contribution in [-0.4, -0.2) is 69.2 Å². The lowest BCUT2D eigenvalue weighted by Crippen LogP contribution is -2.73. The number of rotatable bonds is 8. The monoisotopic (exact) mass is 528 g/mol. The maximum absolute atomic E-state index is 13.8. The molecule has 2 saturated heterocycles. The molecule has 2 fully saturated rings. The summed E-state index contributed by atoms with van der Waals surface area (Å²) in [5.74, 6) is -2.08. The summed E-state index contributed by atoms with van der Waals surface area (Å²) in [7, 11) is 0. The summed E-state index contributed by atoms with van der Waals surface area (Å²) in [6.07, 6.45) is 3.52. The summed E-state index contributed by atoms with van der Waals surface area (Å²) in [6.45, 7) is 1.56. The number of carboxylic acids is 1. The third-order valence-corrected chi connectivity index (χ3v) is 7.67. The molecule has 2 amide bonds. The largest absolute Gasteiger partial charge is 0.480 e. The van der Waals surface area contributed by atoms with Crippen LogP contribution in [0.1, 0.15) is 24.2 Å². The highest BCUT2D eigenvalue weighted by Gasteiger charge is 2.64. The summed E-state index contributed by atoms with van der Waals surface area (Å²) in [5.41, 5.74) is 1.77. The Labute approximate surface area is 225 Å². The third kappa shape index (κ3) is 4.72. The van der Waals surface area contributed by atoms with Crippen molar-refractivity contribution in [2.24, 2.45) is 11.8 Å². The standard InChI is InChI=1S/C30H28N2O7/c1-17-23(30(37)38)32-24(25(17)34)22(29(32)36)31-28(35)27(21-15-9-8-14-20(21)16-33)39-26(18-10-4-2-5-11-18)19-12-6-3-7-13-19/h2-15,17,21-27,34H,1H3,(H,31,35)(H,37,38)/t17?,21?,22?,23?,24-,25?,27?/m0/s1. The van der Waals surface area contributed by atoms with E-state index in [1.807, 2.05) is 66.6 Å². The molecule has 0 aromatic heterocycles. The van der Waals surface area contributed by atoms with Crippen LogP contribution in [-0.2, 0) is 23.9 Å². The molecule has 0 radical (unpaired) electrons. The van der Waals surface area contributed by atoms with E-state index < -0.39 is 66.1 Å². The number of nitrogens with zero attached hydrogens (tertiary/aromatic N) is 1. The predicted octanol–water partition coefficient (Wildman–Crippen LogP) is 1.82. The molecule has 5 rings (SSSR count). The minimum atomic E-state index is -1.25. The number of fused-ring (bicyclic) bond motifs is 1. The topological polar surface area (TPSA) is 133 Å². The summed E-state index contributed by atoms with van der Waals surface area (Å²) in [5, 5.41) is 23.0. The molecule has 2 aliphatic heterocycles. The van der Waals surface area contributed by atoms with E-state index in [9.17, 15) is 29.4 Å². The van der Waals surface area contributed by atoms with Gasteiger partial charge in [0, 0.05) is 17.4 Å². The maximum Gasteiger partial charge on any atom is 0.326 e. The summed E-state index contributed by atoms with van der Waals surface area (Å²) >= 11 is 0. The Morgan fingerprint density at radius 2 is 1.64 bits per heavy atom. The Morgan fingerprint density at radius 1 is 1.03 bits per heavy atom. The van der Waals surface area contributed by atoms with E-state index in [1.165, 1.54) is 0 Å². The van der Waals surface area contributed by atoms with E-state index >= 15 is 0 Å². The number of amides is 2. The number of aliphatic hydroxyl groups excluding tert-OH is 1. The molecule has 0 bridgehead atoms. The zero-order chi connectivity index (χ0) is 27.7. The maximum atomic E-state index is 13.8. The zero-order valence-electron chi connectivity index (χ0n) is 21.1. The van der Waals surface area contributed by atoms with Gasteiger partial charge in [-0.25, -0.2) is 9.59 Å². The molecule has 3 N–H and O–H groups in total. The lowest BCUT2D eigenvalue weighted by Gasteiger charge is -2.45. The van der Waals surface area contributed by atoms with E-state index in [0.29, 0.717) is 0 Å². The fourth-order valence-corrected chi connectivity index (χ4v) is 5.68. The first kappa shape index (κ1) is 26.3. The van der Waals surface area contributed by atoms with Crippen LogP contribution in [0.2, 0.25) is 0 Å². The lowest BCUT2D eigenvalue weighted by atomic mass is 9.87. The van der Waals surface area contributed by atoms with Crippen LogP contribution in [0.15, 0.2) is 90.5 Å². The van der Waals surface area contributed by atoms with Crippen molar-refractivity contribution in [3.63, 3.8) is 0 Å². The molecule has 3 aliphatic rings. The SMILES string of the molecule is CC1C(O)[C@@H]2C(NC(=O)C(OC(c3ccccc3)c3ccccc3)C3C=CC=CC3=C=O)C(=O)N2C1C(=O)O. The van der Waals surface area contributed by atoms with Crippen LogP contribution >= 0.6 is 0 Å². The van der Waals surface area contributed by atoms with E-state index in [0.717, 1.165) is 16.0 Å². The Balaban J connectivity index is 1.47. The molecule has 1 aliphatic carbocycles. The molecule has 0 spiro atoms. The number of aliphatic carboxylic acids is 1. The van der Waals surface area contributed by atoms with E-state index in [1.54, 1.807) is 31.2 Å². The first-order valence-corrected chi connectivity index (χ1v) is 12.7. The van der Waals surface area contributed by atoms with Crippen molar-refractivity contribution in [2.45, 2.75) is 43.4 Å². The molecule has 9 nitrogen and oxygen atoms in total. The average Bonchev–Trinajstić information content (AvgIpc) is 3.20. The van der Waals surface area contributed by atoms with Gasteiger partial charge in [-0.15, -0.1) is 0 Å². The number of aliphatic hydroxyl groups is 1. The number of allylic oxidation sites excluding steroid dienone is 3. The van der Waals surface area contributed by atoms with Crippen LogP contribution in [0, 0.1) is 11.8 Å². The lowest BCUT2D eigenvalue weighted by molar-refractivity contribution is -0.164. The van der Waals surface area contributed by atoms with Crippen molar-refractivity contribution in [1.29, 1.82) is 0 Å². The molecule has 39 heavy (non-hydrogen) atoms. The zero-order valence-corrected chi connectivity index (χ0v) is 21.1. The average molecular weight is 529 g/mol. The molecule has 9 heteroatoms. The predicted molar refractivity (Wildman–Crippen MR) is 140 cm³/mol. The molecular weight excluding hydrogens is 500 g/mol. The van der Waals surface area contributed by atoms with Crippen molar-refractivity contribution in [3.05, 3.63) is 102 Å². The number of hydrogen-bond donors (Lipinski definition) is 3. The van der Waals surface area contributed by atoms with Gasteiger partial charge in [-0.3, -0.25) is 9.59 Å². The van der Waals surface area contributed by atoms with Crippen LogP contribution in [0.25, 0.3) is 0 Å². The first-order chi connectivity index (χ1) is 18.8. The van der Waals surface area contributed by atoms with Gasteiger partial charge in [-0.1, -0.05) is 85.8 Å². The van der Waals surface area contributed by atoms with Crippen LogP contribution in [0.4, 0.5) is 0 Å². The van der Waals surface area contributed by atoms with Crippen LogP contribution in [0.5, 0.6) is 0 Å². The van der Waals surface area contributed by atoms with Gasteiger partial charge in [0.15, 0.2) is 0 Å². The number of carbonyl (C=O) groups excluding carboxylic acids is 3. The Bertz CT molecular complexity index is 1330. The first-order valence-electron chi connectivity index (χ1n) is 12.7. The highest BCUT2D eigenvalue weighted by molar-refractivity contribution is 5.98. The molecule has 0 saturated carbocycles. The molecular formula is C30H28N2O7. The van der Waals surface area contributed by atoms with Crippen LogP contribution < -0.4 is 5.32 Å². The number of nitrogens with one attached hydrogen (secondary N) is 1. The van der Waals surface area contributed by atoms with Gasteiger partial charge < -0.3 is 25.2 Å². The highest BCUT2D eigenvalue weighted by Crippen LogP contribution is 2.40. The number of benzene rings is 2. The minimum absolute atomic E-state index is 0.208. The van der Waals surface area contributed by atoms with Gasteiger partial charge >= 0.3 is 5.97 Å². The number of β-lactam (4-membered cyclic amide) rings is 1. The van der Waals surface area contributed by atoms with Crippen molar-refractivity contribution in [1.82, 2.24) is 10.2 Å². The molecule has 2 aromatic carbocycles. The summed E-state index contributed by atoms with van der Waals surface area (Å²) < 4.78 is 6.50. The Kier molecular flexibility index (Phi) is 7.30. The summed E-state index contributed by atoms with van der Waals surface area (Å²) in [4.78, 5) is 51.5. The van der Waals surface area contributed by atoms with Gasteiger partial charge in [-0.05, 0) is 17.2 Å². The van der Waals surface area contributed by atoms with Gasteiger partial charge in [0.1, 0.15) is 30.2 Å². The highest BCUT2D eigenvalue weighted by atomic mass is 16.5. The molecule has 200 valence electrons. The van der Waals surface area contributed by atoms with E-state index in [2.05, 4.69) is 5.32 Å². The number of hydrogen-bond acceptors (Lipinski definition) is 6. The fraction of sp³-hybridized carbons (Fsp3) is 0.300. The normalized spacial score (nSPS) is 28.0. The Hall–Kier alpha value is -4.30. The minimum Gasteiger partial charge on any atom is -0.480 e. The second-order valence-electron chi connectivity index (χ2n) is 9.94. The molecule has 7 atom stereocenters. The Morgan fingerprint density at radius 3 is 2.21 bits per heavy atom. The van der Waals surface area contributed by atoms with Crippen molar-refractivity contribution >= 4 is 23.7 Å². The van der Waals surface area contributed by atoms with Gasteiger partial charge in [0.05, 0.1) is 12.1 Å². The van der Waals surface area contributed by atoms with Crippen molar-refractivity contribution in [3.8, 4) is 0 Å². The third-order valence-electron chi connectivity index (χ3n) is 7.67. The number of carboxylic acid groups (broad SMARTS) is 1. The molecule has 6 unspecified atom stereocenters. The van der Waals surface area contributed by atoms with Crippen LogP contribution in [0.3, 0.4) is 0 Å². The number of carbonyl (C=O) groups is 3. The van der Waals surface area contributed by atoms with Gasteiger partial charge in [-0.2, -0.15) is 0 Å². The van der Waals surface area contributed by atoms with E-state index in [-0.39, 0.29) is 5.57 Å². The smallest absolute Gasteiger partial charge is 0.326 e. The second-order valence-corrected chi connectivity index (χ2v) is 9.94. The molecule has 2 heterocycles. The van der Waals surface area contributed by atoms with Gasteiger partial charge in [0.2, 0.25) is 5.91 Å².